The maximum absolute atomic E-state index is 10.6. The molecule has 1 atom stereocenters. The van der Waals surface area contributed by atoms with E-state index in [-0.39, 0.29) is 12.8 Å². The summed E-state index contributed by atoms with van der Waals surface area (Å²) < 4.78 is 10.3. The van der Waals surface area contributed by atoms with Gasteiger partial charge < -0.3 is 14.6 Å². The molecule has 0 heterocycles. The Morgan fingerprint density at radius 2 is 2.17 bits per heavy atom. The third-order valence-corrected chi connectivity index (χ3v) is 2.61. The Morgan fingerprint density at radius 1 is 1.44 bits per heavy atom. The van der Waals surface area contributed by atoms with Crippen LogP contribution in [-0.4, -0.2) is 25.3 Å². The minimum atomic E-state index is -0.919. The highest BCUT2D eigenvalue weighted by atomic mass is 16.5. The smallest absolute Gasteiger partial charge is 0.303 e. The number of aliphatic carboxylic acids is 1. The van der Waals surface area contributed by atoms with Crippen LogP contribution < -0.4 is 9.47 Å². The molecule has 0 aromatic heterocycles. The van der Waals surface area contributed by atoms with Crippen LogP contribution in [0.3, 0.4) is 0 Å². The van der Waals surface area contributed by atoms with Crippen molar-refractivity contribution in [2.45, 2.75) is 18.8 Å². The lowest BCUT2D eigenvalue weighted by Crippen LogP contribution is -2.04. The summed E-state index contributed by atoms with van der Waals surface area (Å²) >= 11 is 0. The summed E-state index contributed by atoms with van der Waals surface area (Å²) in [5.74, 6) is -0.266. The molecule has 0 aliphatic carbocycles. The van der Waals surface area contributed by atoms with Gasteiger partial charge in [0.05, 0.1) is 26.2 Å². The Hall–Kier alpha value is -2.22. The van der Waals surface area contributed by atoms with Crippen LogP contribution in [0.2, 0.25) is 0 Å². The van der Waals surface area contributed by atoms with Crippen molar-refractivity contribution >= 4 is 5.97 Å². The van der Waals surface area contributed by atoms with Gasteiger partial charge in [0.25, 0.3) is 0 Å². The highest BCUT2D eigenvalue weighted by Gasteiger charge is 2.17. The van der Waals surface area contributed by atoms with Crippen LogP contribution >= 0.6 is 0 Å². The predicted molar refractivity (Wildman–Crippen MR) is 64.8 cm³/mol. The summed E-state index contributed by atoms with van der Waals surface area (Å²) in [7, 11) is 3.04. The summed E-state index contributed by atoms with van der Waals surface area (Å²) in [5, 5.41) is 17.8. The lowest BCUT2D eigenvalue weighted by molar-refractivity contribution is -0.137. The molecular weight excluding hydrogens is 234 g/mol. The Balaban J connectivity index is 3.02. The Kier molecular flexibility index (Phi) is 5.00. The molecule has 0 aliphatic heterocycles. The minimum Gasteiger partial charge on any atom is -0.497 e. The second-order valence-corrected chi connectivity index (χ2v) is 3.72. The minimum absolute atomic E-state index is 0.0570. The molecule has 5 nitrogen and oxygen atoms in total. The van der Waals surface area contributed by atoms with Crippen molar-refractivity contribution in [1.29, 1.82) is 5.26 Å². The second-order valence-electron chi connectivity index (χ2n) is 3.72. The van der Waals surface area contributed by atoms with E-state index in [0.717, 1.165) is 0 Å². The Labute approximate surface area is 106 Å². The average Bonchev–Trinajstić information content (AvgIpc) is 2.38. The lowest BCUT2D eigenvalue weighted by atomic mass is 9.94. The van der Waals surface area contributed by atoms with Gasteiger partial charge in [-0.1, -0.05) is 0 Å². The van der Waals surface area contributed by atoms with Crippen molar-refractivity contribution in [2.75, 3.05) is 14.2 Å². The predicted octanol–water partition coefficient (Wildman–Crippen LogP) is 2.18. The summed E-state index contributed by atoms with van der Waals surface area (Å²) in [6.07, 6.45) is 0.188. The number of rotatable bonds is 6. The average molecular weight is 249 g/mol. The molecule has 0 radical (unpaired) electrons. The highest BCUT2D eigenvalue weighted by molar-refractivity contribution is 5.67. The number of hydrogen-bond donors (Lipinski definition) is 1. The number of nitriles is 1. The van der Waals surface area contributed by atoms with Crippen LogP contribution in [0.1, 0.15) is 24.3 Å². The van der Waals surface area contributed by atoms with Crippen molar-refractivity contribution in [2.24, 2.45) is 0 Å². The van der Waals surface area contributed by atoms with Crippen LogP contribution in [0.15, 0.2) is 18.2 Å². The molecule has 1 unspecified atom stereocenters. The van der Waals surface area contributed by atoms with Gasteiger partial charge in [0.15, 0.2) is 0 Å². The number of hydrogen-bond acceptors (Lipinski definition) is 4. The largest absolute Gasteiger partial charge is 0.497 e. The van der Waals surface area contributed by atoms with E-state index in [1.54, 1.807) is 18.2 Å². The van der Waals surface area contributed by atoms with E-state index in [2.05, 4.69) is 6.07 Å². The van der Waals surface area contributed by atoms with Gasteiger partial charge in [0, 0.05) is 12.0 Å². The van der Waals surface area contributed by atoms with Crippen LogP contribution in [0.5, 0.6) is 11.5 Å². The number of carbonyl (C=O) groups is 1. The fourth-order valence-electron chi connectivity index (χ4n) is 1.67. The summed E-state index contributed by atoms with van der Waals surface area (Å²) in [6, 6.07) is 7.24. The third-order valence-electron chi connectivity index (χ3n) is 2.61. The van der Waals surface area contributed by atoms with Gasteiger partial charge in [-0.3, -0.25) is 4.79 Å². The van der Waals surface area contributed by atoms with Crippen LogP contribution in [0, 0.1) is 11.3 Å². The normalized spacial score (nSPS) is 11.4. The SMILES string of the molecule is COc1ccc(OC)c(C(C#N)CCC(=O)O)c1. The topological polar surface area (TPSA) is 79.5 Å². The van der Waals surface area contributed by atoms with Gasteiger partial charge in [-0.2, -0.15) is 5.26 Å². The molecule has 0 spiro atoms. The van der Waals surface area contributed by atoms with Gasteiger partial charge in [-0.25, -0.2) is 0 Å². The first-order valence-corrected chi connectivity index (χ1v) is 5.45. The number of methoxy groups -OCH3 is 2. The van der Waals surface area contributed by atoms with Crippen molar-refractivity contribution in [3.63, 3.8) is 0 Å². The van der Waals surface area contributed by atoms with Crippen LogP contribution in [0.25, 0.3) is 0 Å². The Bertz CT molecular complexity index is 465. The van der Waals surface area contributed by atoms with Crippen molar-refractivity contribution in [3.05, 3.63) is 23.8 Å². The van der Waals surface area contributed by atoms with E-state index in [1.807, 2.05) is 0 Å². The van der Waals surface area contributed by atoms with Crippen molar-refractivity contribution in [1.82, 2.24) is 0 Å². The zero-order valence-corrected chi connectivity index (χ0v) is 10.3. The van der Waals surface area contributed by atoms with E-state index < -0.39 is 11.9 Å². The molecule has 0 saturated heterocycles. The Morgan fingerprint density at radius 3 is 2.67 bits per heavy atom. The van der Waals surface area contributed by atoms with E-state index in [9.17, 15) is 4.79 Å². The molecule has 0 amide bonds. The molecule has 0 bridgehead atoms. The molecular formula is C13H15NO4. The second kappa shape index (κ2) is 6.50. The quantitative estimate of drug-likeness (QED) is 0.835. The van der Waals surface area contributed by atoms with E-state index in [4.69, 9.17) is 19.8 Å². The first-order chi connectivity index (χ1) is 8.62. The number of carboxylic acids is 1. The van der Waals surface area contributed by atoms with Crippen molar-refractivity contribution < 1.29 is 19.4 Å². The zero-order valence-electron chi connectivity index (χ0n) is 10.3. The molecule has 0 aliphatic rings. The van der Waals surface area contributed by atoms with E-state index >= 15 is 0 Å². The van der Waals surface area contributed by atoms with Gasteiger partial charge in [-0.15, -0.1) is 0 Å². The molecule has 96 valence electrons. The monoisotopic (exact) mass is 249 g/mol. The summed E-state index contributed by atoms with van der Waals surface area (Å²) in [5.41, 5.74) is 0.653. The van der Waals surface area contributed by atoms with Gasteiger partial charge in [0.1, 0.15) is 11.5 Å². The lowest BCUT2D eigenvalue weighted by Gasteiger charge is -2.14. The summed E-state index contributed by atoms with van der Waals surface area (Å²) in [4.78, 5) is 10.6. The number of carboxylic acid groups (broad SMARTS) is 1. The zero-order chi connectivity index (χ0) is 13.5. The summed E-state index contributed by atoms with van der Waals surface area (Å²) in [6.45, 7) is 0. The first-order valence-electron chi connectivity index (χ1n) is 5.45. The molecule has 0 fully saturated rings. The molecule has 1 aromatic rings. The fourth-order valence-corrected chi connectivity index (χ4v) is 1.67. The standard InChI is InChI=1S/C13H15NO4/c1-17-10-4-5-12(18-2)11(7-10)9(8-14)3-6-13(15)16/h4-5,7,9H,3,6H2,1-2H3,(H,15,16). The fraction of sp³-hybridized carbons (Fsp3) is 0.385. The van der Waals surface area contributed by atoms with E-state index in [1.165, 1.54) is 14.2 Å². The maximum Gasteiger partial charge on any atom is 0.303 e. The first kappa shape index (κ1) is 13.8. The van der Waals surface area contributed by atoms with Gasteiger partial charge in [-0.05, 0) is 24.6 Å². The van der Waals surface area contributed by atoms with Crippen LogP contribution in [0.4, 0.5) is 0 Å². The number of ether oxygens (including phenoxy) is 2. The molecule has 1 rings (SSSR count). The molecule has 18 heavy (non-hydrogen) atoms. The molecule has 5 heteroatoms. The van der Waals surface area contributed by atoms with Gasteiger partial charge >= 0.3 is 5.97 Å². The molecule has 1 aromatic carbocycles. The van der Waals surface area contributed by atoms with Crippen LogP contribution in [-0.2, 0) is 4.79 Å². The van der Waals surface area contributed by atoms with E-state index in [0.29, 0.717) is 17.1 Å². The molecule has 0 saturated carbocycles. The molecule has 1 N–H and O–H groups in total. The third kappa shape index (κ3) is 3.39. The highest BCUT2D eigenvalue weighted by Crippen LogP contribution is 2.32. The number of nitrogens with zero attached hydrogens (tertiary/aromatic N) is 1. The maximum atomic E-state index is 10.6. The van der Waals surface area contributed by atoms with Crippen molar-refractivity contribution in [3.8, 4) is 17.6 Å². The number of benzene rings is 1. The van der Waals surface area contributed by atoms with Gasteiger partial charge in [0.2, 0.25) is 0 Å².